The lowest BCUT2D eigenvalue weighted by atomic mass is 9.34. The first-order valence-electron chi connectivity index (χ1n) is 28.2. The lowest BCUT2D eigenvalue weighted by molar-refractivity contribution is -0.222. The number of aliphatic hydroxyl groups is 2. The molecule has 2 saturated heterocycles. The number of hydrogen-bond acceptors (Lipinski definition) is 7. The van der Waals surface area contributed by atoms with E-state index in [1.165, 1.54) is 82.2 Å². The standard InChI is InChI=1S/C61H87N3O6/c1-10-44-42(30-36-28-40(37-14-12-11-13-15-37)31-41(29-36)38-19-26-69-27-20-38)51-52-39(34-63-51)16-21-57(4,32-46(66)55-56(2,3)70-55)50-45(65)33-61(8)49(50)43(35-64(44)52)53(68)54-59(6)22-18-48(67)58(5,24-25-62-9)47(59)17-23-60(54,61)7/h28-29,31,34,37-38,43,46-47,53-55,62-63,66,68H,10-27,30,32-33,35H2,1-9H3/t43-,46+,47-,53+,54+,55+,57-,58-,59+,60-,61-/m0/s1. The molecule has 2 aromatic heterocycles. The summed E-state index contributed by atoms with van der Waals surface area (Å²) in [5.41, 5.74) is 10.1. The van der Waals surface area contributed by atoms with Gasteiger partial charge in [0.2, 0.25) is 0 Å². The Bertz CT molecular complexity index is 2540. The predicted octanol–water partition coefficient (Wildman–Crippen LogP) is 11.2. The molecule has 1 aromatic carbocycles. The van der Waals surface area contributed by atoms with E-state index in [-0.39, 0.29) is 40.5 Å². The van der Waals surface area contributed by atoms with Gasteiger partial charge in [0.25, 0.3) is 0 Å². The maximum Gasteiger partial charge on any atom is 0.160 e. The van der Waals surface area contributed by atoms with Gasteiger partial charge < -0.3 is 34.6 Å². The number of aromatic amines is 1. The first-order chi connectivity index (χ1) is 33.3. The van der Waals surface area contributed by atoms with E-state index in [1.54, 1.807) is 0 Å². The molecule has 5 heterocycles. The van der Waals surface area contributed by atoms with E-state index in [9.17, 15) is 15.0 Å². The van der Waals surface area contributed by atoms with Crippen molar-refractivity contribution in [3.8, 4) is 0 Å². The zero-order valence-electron chi connectivity index (χ0n) is 44.5. The quantitative estimate of drug-likeness (QED) is 0.141. The molecule has 6 fully saturated rings. The SMILES string of the molecule is CCc1c(Cc2cc(C3CCCCC3)cc(C3CCOCC3)c2)c2[nH]cc3c2n1C[C@H]1C2=C(C(=O)C[C@]2(C)[C@@]2(C)CC[C@@H]4[C@@](C)(CCC(=O)[C@@]4(C)CCNC)[C@H]2[C@@H]1O)[C@](C)(C[C@@H](O)[C@H]1OC1(C)C)CC3. The van der Waals surface area contributed by atoms with Gasteiger partial charge in [-0.25, -0.2) is 0 Å². The summed E-state index contributed by atoms with van der Waals surface area (Å²) in [5.74, 6) is 1.41. The van der Waals surface area contributed by atoms with Crippen LogP contribution in [-0.2, 0) is 44.9 Å². The van der Waals surface area contributed by atoms with Crippen molar-refractivity contribution in [3.63, 3.8) is 0 Å². The molecule has 0 unspecified atom stereocenters. The lowest BCUT2D eigenvalue weighted by Crippen LogP contribution is -2.68. The Morgan fingerprint density at radius 1 is 0.900 bits per heavy atom. The van der Waals surface area contributed by atoms with Gasteiger partial charge in [0.1, 0.15) is 11.9 Å². The summed E-state index contributed by atoms with van der Waals surface area (Å²) in [6, 6.07) is 7.65. The van der Waals surface area contributed by atoms with Crippen molar-refractivity contribution in [1.82, 2.24) is 14.9 Å². The van der Waals surface area contributed by atoms with Gasteiger partial charge >= 0.3 is 0 Å². The number of ether oxygens (including phenoxy) is 2. The maximum atomic E-state index is 15.6. The van der Waals surface area contributed by atoms with Crippen LogP contribution >= 0.6 is 0 Å². The molecule has 8 aliphatic rings. The number of allylic oxidation sites excluding steroid dienone is 1. The Morgan fingerprint density at radius 2 is 1.60 bits per heavy atom. The van der Waals surface area contributed by atoms with Gasteiger partial charge in [-0.15, -0.1) is 0 Å². The van der Waals surface area contributed by atoms with E-state index in [2.05, 4.69) is 94.7 Å². The monoisotopic (exact) mass is 958 g/mol. The van der Waals surface area contributed by atoms with Gasteiger partial charge in [-0.2, -0.15) is 0 Å². The number of rotatable bonds is 11. The Morgan fingerprint density at radius 3 is 2.27 bits per heavy atom. The Labute approximate surface area is 419 Å². The molecule has 3 aliphatic heterocycles. The second-order valence-corrected chi connectivity index (χ2v) is 26.3. The molecular formula is C61H87N3O6. The highest BCUT2D eigenvalue weighted by molar-refractivity contribution is 6.02. The number of ketones is 2. The predicted molar refractivity (Wildman–Crippen MR) is 277 cm³/mol. The van der Waals surface area contributed by atoms with Crippen LogP contribution in [0.25, 0.3) is 11.0 Å². The van der Waals surface area contributed by atoms with Crippen LogP contribution in [0.5, 0.6) is 0 Å². The number of carbonyl (C=O) groups is 2. The number of H-pyrrole nitrogens is 1. The molecule has 0 amide bonds. The Hall–Kier alpha value is -3.08. The topological polar surface area (TPSA) is 129 Å². The molecule has 0 spiro atoms. The van der Waals surface area contributed by atoms with E-state index in [0.717, 1.165) is 83.1 Å². The van der Waals surface area contributed by atoms with Gasteiger partial charge in [-0.3, -0.25) is 9.59 Å². The number of aryl methyl sites for hydroxylation is 1. The highest BCUT2D eigenvalue weighted by atomic mass is 16.6. The van der Waals surface area contributed by atoms with Gasteiger partial charge in [-0.05, 0) is 172 Å². The van der Waals surface area contributed by atoms with Gasteiger partial charge in [0.05, 0.1) is 28.8 Å². The van der Waals surface area contributed by atoms with Crippen LogP contribution in [0, 0.1) is 44.8 Å². The fourth-order valence-electron chi connectivity index (χ4n) is 18.3. The number of Topliss-reactive ketones (excluding diaryl/α,β-unsaturated/α-hetero) is 2. The van der Waals surface area contributed by atoms with E-state index < -0.39 is 34.1 Å². The van der Waals surface area contributed by atoms with Crippen molar-refractivity contribution in [2.24, 2.45) is 44.8 Å². The first kappa shape index (κ1) is 49.1. The largest absolute Gasteiger partial charge is 0.392 e. The summed E-state index contributed by atoms with van der Waals surface area (Å²) in [6.45, 7) is 21.2. The molecule has 0 bridgehead atoms. The summed E-state index contributed by atoms with van der Waals surface area (Å²) in [5, 5.41) is 29.5. The maximum absolute atomic E-state index is 15.6. The molecule has 5 aliphatic carbocycles. The summed E-state index contributed by atoms with van der Waals surface area (Å²) in [4.78, 5) is 33.7. The summed E-state index contributed by atoms with van der Waals surface area (Å²) < 4.78 is 14.6. The van der Waals surface area contributed by atoms with Crippen molar-refractivity contribution in [2.75, 3.05) is 26.8 Å². The summed E-state index contributed by atoms with van der Waals surface area (Å²) >= 11 is 0. The van der Waals surface area contributed by atoms with Crippen LogP contribution in [0.4, 0.5) is 0 Å². The second kappa shape index (κ2) is 17.5. The van der Waals surface area contributed by atoms with Crippen molar-refractivity contribution < 1.29 is 29.3 Å². The molecule has 4 saturated carbocycles. The molecule has 9 nitrogen and oxygen atoms in total. The average Bonchev–Trinajstić information content (AvgIpc) is 3.54. The smallest absolute Gasteiger partial charge is 0.160 e. The first-order valence-corrected chi connectivity index (χ1v) is 28.2. The third kappa shape index (κ3) is 7.43. The minimum absolute atomic E-state index is 0.112. The number of fused-ring (bicyclic) bond motifs is 4. The number of nitrogens with one attached hydrogen (secondary N) is 2. The zero-order chi connectivity index (χ0) is 49.3. The minimum Gasteiger partial charge on any atom is -0.392 e. The van der Waals surface area contributed by atoms with Crippen molar-refractivity contribution in [2.45, 2.75) is 213 Å². The van der Waals surface area contributed by atoms with Gasteiger partial charge in [0, 0.05) is 78.8 Å². The molecule has 9 heteroatoms. The third-order valence-electron chi connectivity index (χ3n) is 22.1. The fraction of sp³-hybridized carbons (Fsp3) is 0.738. The highest BCUT2D eigenvalue weighted by Gasteiger charge is 2.73. The number of hydrogen-bond donors (Lipinski definition) is 4. The van der Waals surface area contributed by atoms with Crippen LogP contribution in [0.1, 0.15) is 197 Å². The Balaban J connectivity index is 1.08. The normalized spacial score (nSPS) is 38.1. The number of carbonyl (C=O) groups excluding carboxylic acids is 2. The second-order valence-electron chi connectivity index (χ2n) is 26.3. The highest BCUT2D eigenvalue weighted by Crippen LogP contribution is 2.76. The fourth-order valence-corrected chi connectivity index (χ4v) is 18.3. The van der Waals surface area contributed by atoms with Crippen molar-refractivity contribution in [1.29, 1.82) is 0 Å². The van der Waals surface area contributed by atoms with Gasteiger partial charge in [-0.1, -0.05) is 79.0 Å². The Kier molecular flexibility index (Phi) is 12.3. The molecule has 382 valence electrons. The number of nitrogens with zero attached hydrogens (tertiary/aromatic N) is 1. The van der Waals surface area contributed by atoms with E-state index in [0.29, 0.717) is 49.8 Å². The number of aromatic nitrogens is 2. The van der Waals surface area contributed by atoms with Crippen LogP contribution < -0.4 is 5.32 Å². The third-order valence-corrected chi connectivity index (χ3v) is 22.1. The molecule has 0 radical (unpaired) electrons. The average molecular weight is 958 g/mol. The van der Waals surface area contributed by atoms with Crippen LogP contribution in [0.3, 0.4) is 0 Å². The summed E-state index contributed by atoms with van der Waals surface area (Å²) in [7, 11) is 1.98. The molecule has 11 rings (SSSR count). The van der Waals surface area contributed by atoms with E-state index in [1.807, 2.05) is 7.05 Å². The minimum atomic E-state index is -0.731. The van der Waals surface area contributed by atoms with Crippen LogP contribution in [0.2, 0.25) is 0 Å². The van der Waals surface area contributed by atoms with Crippen LogP contribution in [0.15, 0.2) is 35.5 Å². The van der Waals surface area contributed by atoms with Crippen LogP contribution in [-0.4, -0.2) is 82.0 Å². The summed E-state index contributed by atoms with van der Waals surface area (Å²) in [6.07, 6.45) is 17.0. The molecule has 3 aromatic rings. The molecular weight excluding hydrogens is 871 g/mol. The zero-order valence-corrected chi connectivity index (χ0v) is 44.5. The lowest BCUT2D eigenvalue weighted by Gasteiger charge is -2.70. The molecule has 70 heavy (non-hydrogen) atoms. The van der Waals surface area contributed by atoms with E-state index >= 15 is 4.79 Å². The molecule has 4 N–H and O–H groups in total. The van der Waals surface area contributed by atoms with Crippen molar-refractivity contribution >= 4 is 22.6 Å². The number of benzene rings is 1. The number of epoxide rings is 1. The van der Waals surface area contributed by atoms with Gasteiger partial charge in [0.15, 0.2) is 5.78 Å². The number of aliphatic hydroxyl groups excluding tert-OH is 2. The molecule has 11 atom stereocenters. The van der Waals surface area contributed by atoms with E-state index in [4.69, 9.17) is 9.47 Å². The van der Waals surface area contributed by atoms with Crippen molar-refractivity contribution in [3.05, 3.63) is 69.1 Å².